The van der Waals surface area contributed by atoms with Gasteiger partial charge in [-0.25, -0.2) is 9.78 Å². The van der Waals surface area contributed by atoms with Gasteiger partial charge in [0.15, 0.2) is 0 Å². The first-order chi connectivity index (χ1) is 9.61. The number of nitrogens with one attached hydrogen (secondary N) is 2. The number of esters is 1. The monoisotopic (exact) mass is 273 g/mol. The van der Waals surface area contributed by atoms with Gasteiger partial charge in [0.05, 0.1) is 30.7 Å². The molecule has 0 bridgehead atoms. The standard InChI is InChI=1S/C15H19N3O2/c1-4-20-15(19)12-6-5-10(2)13(7-12)16-8-14-11(3)17-9-18-14/h5-7,9,16H,4,8H2,1-3H3,(H,17,18). The van der Waals surface area contributed by atoms with Crippen molar-refractivity contribution in [1.29, 1.82) is 0 Å². The molecule has 0 aliphatic rings. The number of hydrogen-bond acceptors (Lipinski definition) is 4. The van der Waals surface area contributed by atoms with Gasteiger partial charge in [-0.15, -0.1) is 0 Å². The van der Waals surface area contributed by atoms with Gasteiger partial charge in [0, 0.05) is 11.4 Å². The van der Waals surface area contributed by atoms with E-state index in [0.717, 1.165) is 22.6 Å². The quantitative estimate of drug-likeness (QED) is 0.822. The van der Waals surface area contributed by atoms with E-state index in [0.29, 0.717) is 18.7 Å². The lowest BCUT2D eigenvalue weighted by Crippen LogP contribution is -2.07. The zero-order valence-electron chi connectivity index (χ0n) is 12.0. The average Bonchev–Trinajstić information content (AvgIpc) is 2.83. The second kappa shape index (κ2) is 6.23. The summed E-state index contributed by atoms with van der Waals surface area (Å²) in [4.78, 5) is 19.0. The lowest BCUT2D eigenvalue weighted by Gasteiger charge is -2.11. The van der Waals surface area contributed by atoms with Gasteiger partial charge in [-0.1, -0.05) is 6.07 Å². The summed E-state index contributed by atoms with van der Waals surface area (Å²) >= 11 is 0. The van der Waals surface area contributed by atoms with E-state index < -0.39 is 0 Å². The molecule has 1 aromatic carbocycles. The van der Waals surface area contributed by atoms with Gasteiger partial charge < -0.3 is 15.0 Å². The SMILES string of the molecule is CCOC(=O)c1ccc(C)c(NCc2nc[nH]c2C)c1. The summed E-state index contributed by atoms with van der Waals surface area (Å²) < 4.78 is 5.01. The predicted molar refractivity (Wildman–Crippen MR) is 77.8 cm³/mol. The fraction of sp³-hybridized carbons (Fsp3) is 0.333. The number of carbonyl (C=O) groups excluding carboxylic acids is 1. The Bertz CT molecular complexity index is 605. The molecule has 20 heavy (non-hydrogen) atoms. The van der Waals surface area contributed by atoms with Crippen LogP contribution in [0.2, 0.25) is 0 Å². The zero-order valence-corrected chi connectivity index (χ0v) is 12.0. The summed E-state index contributed by atoms with van der Waals surface area (Å²) in [6, 6.07) is 5.50. The summed E-state index contributed by atoms with van der Waals surface area (Å²) in [7, 11) is 0. The van der Waals surface area contributed by atoms with Crippen LogP contribution in [0.4, 0.5) is 5.69 Å². The molecule has 0 spiro atoms. The molecule has 2 N–H and O–H groups in total. The van der Waals surface area contributed by atoms with Crippen molar-refractivity contribution in [2.24, 2.45) is 0 Å². The second-order valence-corrected chi connectivity index (χ2v) is 4.58. The van der Waals surface area contributed by atoms with Crippen LogP contribution in [0.1, 0.15) is 34.2 Å². The van der Waals surface area contributed by atoms with E-state index in [9.17, 15) is 4.79 Å². The number of aryl methyl sites for hydroxylation is 2. The number of anilines is 1. The van der Waals surface area contributed by atoms with Gasteiger partial charge in [-0.05, 0) is 38.5 Å². The van der Waals surface area contributed by atoms with E-state index in [2.05, 4.69) is 15.3 Å². The van der Waals surface area contributed by atoms with E-state index >= 15 is 0 Å². The Morgan fingerprint density at radius 2 is 2.20 bits per heavy atom. The van der Waals surface area contributed by atoms with Crippen LogP contribution in [-0.4, -0.2) is 22.5 Å². The number of aromatic nitrogens is 2. The number of benzene rings is 1. The summed E-state index contributed by atoms with van der Waals surface area (Å²) in [6.45, 7) is 6.76. The van der Waals surface area contributed by atoms with E-state index in [1.54, 1.807) is 19.3 Å². The molecule has 0 radical (unpaired) electrons. The maximum absolute atomic E-state index is 11.7. The third-order valence-electron chi connectivity index (χ3n) is 3.13. The minimum atomic E-state index is -0.300. The number of rotatable bonds is 5. The Morgan fingerprint density at radius 1 is 1.40 bits per heavy atom. The number of aromatic amines is 1. The van der Waals surface area contributed by atoms with Gasteiger partial charge in [0.1, 0.15) is 0 Å². The van der Waals surface area contributed by atoms with Crippen LogP contribution in [0, 0.1) is 13.8 Å². The zero-order chi connectivity index (χ0) is 14.5. The molecule has 0 aliphatic carbocycles. The van der Waals surface area contributed by atoms with Crippen molar-refractivity contribution in [3.63, 3.8) is 0 Å². The van der Waals surface area contributed by atoms with Crippen LogP contribution in [0.25, 0.3) is 0 Å². The number of H-pyrrole nitrogens is 1. The van der Waals surface area contributed by atoms with Crippen LogP contribution in [0.5, 0.6) is 0 Å². The van der Waals surface area contributed by atoms with E-state index in [1.165, 1.54) is 0 Å². The first kappa shape index (κ1) is 14.1. The molecular formula is C15H19N3O2. The predicted octanol–water partition coefficient (Wildman–Crippen LogP) is 2.82. The minimum Gasteiger partial charge on any atom is -0.462 e. The number of hydrogen-bond donors (Lipinski definition) is 2. The molecule has 0 saturated carbocycles. The topological polar surface area (TPSA) is 67.0 Å². The van der Waals surface area contributed by atoms with Crippen molar-refractivity contribution < 1.29 is 9.53 Å². The smallest absolute Gasteiger partial charge is 0.338 e. The summed E-state index contributed by atoms with van der Waals surface area (Å²) in [5, 5.41) is 3.30. The molecule has 0 fully saturated rings. The molecule has 0 saturated heterocycles. The minimum absolute atomic E-state index is 0.300. The van der Waals surface area contributed by atoms with Crippen molar-refractivity contribution in [2.45, 2.75) is 27.3 Å². The molecule has 2 rings (SSSR count). The van der Waals surface area contributed by atoms with Crippen molar-refractivity contribution in [3.05, 3.63) is 47.0 Å². The normalized spacial score (nSPS) is 10.3. The third kappa shape index (κ3) is 3.17. The van der Waals surface area contributed by atoms with Gasteiger partial charge in [-0.2, -0.15) is 0 Å². The molecule has 2 aromatic rings. The molecule has 0 aliphatic heterocycles. The number of imidazole rings is 1. The van der Waals surface area contributed by atoms with Gasteiger partial charge >= 0.3 is 5.97 Å². The molecule has 5 heteroatoms. The Kier molecular flexibility index (Phi) is 4.40. The largest absolute Gasteiger partial charge is 0.462 e. The van der Waals surface area contributed by atoms with Crippen LogP contribution >= 0.6 is 0 Å². The Hall–Kier alpha value is -2.30. The first-order valence-corrected chi connectivity index (χ1v) is 6.62. The number of carbonyl (C=O) groups is 1. The Balaban J connectivity index is 2.12. The molecule has 0 unspecified atom stereocenters. The summed E-state index contributed by atoms with van der Waals surface area (Å²) in [5.41, 5.74) is 4.55. The van der Waals surface area contributed by atoms with Crippen molar-refractivity contribution in [1.82, 2.24) is 9.97 Å². The Labute approximate surface area is 118 Å². The highest BCUT2D eigenvalue weighted by atomic mass is 16.5. The maximum Gasteiger partial charge on any atom is 0.338 e. The Morgan fingerprint density at radius 3 is 2.85 bits per heavy atom. The summed E-state index contributed by atoms with van der Waals surface area (Å²) in [6.07, 6.45) is 1.67. The van der Waals surface area contributed by atoms with Crippen LogP contribution in [0.15, 0.2) is 24.5 Å². The molecule has 1 aromatic heterocycles. The highest BCUT2D eigenvalue weighted by Gasteiger charge is 2.09. The fourth-order valence-corrected chi connectivity index (χ4v) is 1.90. The van der Waals surface area contributed by atoms with E-state index in [1.807, 2.05) is 26.0 Å². The molecule has 106 valence electrons. The van der Waals surface area contributed by atoms with Crippen LogP contribution in [-0.2, 0) is 11.3 Å². The summed E-state index contributed by atoms with van der Waals surface area (Å²) in [5.74, 6) is -0.300. The van der Waals surface area contributed by atoms with E-state index in [-0.39, 0.29) is 5.97 Å². The highest BCUT2D eigenvalue weighted by Crippen LogP contribution is 2.18. The fourth-order valence-electron chi connectivity index (χ4n) is 1.90. The molecule has 0 amide bonds. The van der Waals surface area contributed by atoms with Crippen molar-refractivity contribution in [2.75, 3.05) is 11.9 Å². The van der Waals surface area contributed by atoms with Crippen molar-refractivity contribution in [3.8, 4) is 0 Å². The van der Waals surface area contributed by atoms with Gasteiger partial charge in [0.25, 0.3) is 0 Å². The molecular weight excluding hydrogens is 254 g/mol. The van der Waals surface area contributed by atoms with Gasteiger partial charge in [-0.3, -0.25) is 0 Å². The second-order valence-electron chi connectivity index (χ2n) is 4.58. The molecule has 0 atom stereocenters. The van der Waals surface area contributed by atoms with Crippen LogP contribution < -0.4 is 5.32 Å². The van der Waals surface area contributed by atoms with Gasteiger partial charge in [0.2, 0.25) is 0 Å². The first-order valence-electron chi connectivity index (χ1n) is 6.62. The molecule has 5 nitrogen and oxygen atoms in total. The number of ether oxygens (including phenoxy) is 1. The van der Waals surface area contributed by atoms with Crippen molar-refractivity contribution >= 4 is 11.7 Å². The maximum atomic E-state index is 11.7. The van der Waals surface area contributed by atoms with Crippen LogP contribution in [0.3, 0.4) is 0 Å². The lowest BCUT2D eigenvalue weighted by molar-refractivity contribution is 0.0526. The third-order valence-corrected chi connectivity index (χ3v) is 3.13. The van der Waals surface area contributed by atoms with E-state index in [4.69, 9.17) is 4.74 Å². The average molecular weight is 273 g/mol. The molecule has 1 heterocycles. The highest BCUT2D eigenvalue weighted by molar-refractivity contribution is 5.90. The number of nitrogens with zero attached hydrogens (tertiary/aromatic N) is 1. The lowest BCUT2D eigenvalue weighted by atomic mass is 10.1.